The van der Waals surface area contributed by atoms with Gasteiger partial charge in [0.1, 0.15) is 5.75 Å². The number of ether oxygens (including phenoxy) is 1. The Morgan fingerprint density at radius 3 is 0.819 bits per heavy atom. The maximum absolute atomic E-state index is 13.5. The normalized spacial score (nSPS) is 11.4. The standard InChI is InChI=1S/C67H126N2O3/c1-4-7-10-13-16-19-22-25-28-30-32-34-36-39-42-45-48-51-54-59-68-66(70)63-57-58-64(65(62-63)72-61-56-53-50-47-44-41-38-27-24-21-18-15-12-9-6-3)67(71)69-60-55-52-49-46-43-40-37-35-33-31-29-26-23-20-17-14-11-8-5-2/h57-58,62H,4-56,59-61H2,1-3H3,(H,68,70)(H,69,71). The highest BCUT2D eigenvalue weighted by Gasteiger charge is 2.16. The molecular formula is C67H126N2O3. The first-order chi connectivity index (χ1) is 35.6. The summed E-state index contributed by atoms with van der Waals surface area (Å²) in [6.45, 7) is 8.83. The second-order valence-electron chi connectivity index (χ2n) is 22.7. The number of hydrogen-bond acceptors (Lipinski definition) is 3. The lowest BCUT2D eigenvalue weighted by atomic mass is 10.0. The molecule has 0 bridgehead atoms. The Morgan fingerprint density at radius 1 is 0.306 bits per heavy atom. The summed E-state index contributed by atoms with van der Waals surface area (Å²) in [5, 5.41) is 6.32. The molecule has 0 heterocycles. The average Bonchev–Trinajstić information content (AvgIpc) is 3.39. The smallest absolute Gasteiger partial charge is 0.255 e. The van der Waals surface area contributed by atoms with Gasteiger partial charge in [-0.1, -0.05) is 342 Å². The van der Waals surface area contributed by atoms with Crippen LogP contribution in [0.5, 0.6) is 5.75 Å². The number of amides is 2. The average molecular weight is 1010 g/mol. The van der Waals surface area contributed by atoms with Gasteiger partial charge in [-0.15, -0.1) is 0 Å². The van der Waals surface area contributed by atoms with Crippen LogP contribution in [0.2, 0.25) is 0 Å². The van der Waals surface area contributed by atoms with Crippen LogP contribution in [0.3, 0.4) is 0 Å². The molecule has 422 valence electrons. The van der Waals surface area contributed by atoms with Crippen LogP contribution in [0.1, 0.15) is 382 Å². The third-order valence-electron chi connectivity index (χ3n) is 15.6. The summed E-state index contributed by atoms with van der Waals surface area (Å²) in [7, 11) is 0. The Hall–Kier alpha value is -2.04. The lowest BCUT2D eigenvalue weighted by molar-refractivity contribution is 0.0937. The highest BCUT2D eigenvalue weighted by Crippen LogP contribution is 2.23. The summed E-state index contributed by atoms with van der Waals surface area (Å²) in [6, 6.07) is 5.42. The van der Waals surface area contributed by atoms with E-state index in [9.17, 15) is 9.59 Å². The van der Waals surface area contributed by atoms with Gasteiger partial charge in [-0.25, -0.2) is 0 Å². The molecule has 0 aliphatic rings. The van der Waals surface area contributed by atoms with Crippen molar-refractivity contribution in [2.24, 2.45) is 0 Å². The Bertz CT molecular complexity index is 1270. The van der Waals surface area contributed by atoms with E-state index in [2.05, 4.69) is 31.4 Å². The number of rotatable bonds is 59. The zero-order chi connectivity index (χ0) is 51.7. The van der Waals surface area contributed by atoms with Gasteiger partial charge in [0.25, 0.3) is 11.8 Å². The van der Waals surface area contributed by atoms with E-state index in [1.165, 1.54) is 302 Å². The highest BCUT2D eigenvalue weighted by atomic mass is 16.5. The number of carbonyl (C=O) groups excluding carboxylic acids is 2. The quantitative estimate of drug-likeness (QED) is 0.0639. The molecule has 0 atom stereocenters. The summed E-state index contributed by atoms with van der Waals surface area (Å²) in [4.78, 5) is 26.8. The summed E-state index contributed by atoms with van der Waals surface area (Å²) in [6.07, 6.45) is 71.7. The van der Waals surface area contributed by atoms with Crippen LogP contribution < -0.4 is 15.4 Å². The molecule has 5 heteroatoms. The molecular weight excluding hydrogens is 881 g/mol. The third kappa shape index (κ3) is 46.5. The van der Waals surface area contributed by atoms with Crippen molar-refractivity contribution in [2.75, 3.05) is 19.7 Å². The first-order valence-corrected chi connectivity index (χ1v) is 33.0. The minimum atomic E-state index is -0.0926. The fourth-order valence-corrected chi connectivity index (χ4v) is 10.6. The van der Waals surface area contributed by atoms with Crippen molar-refractivity contribution in [3.8, 4) is 5.75 Å². The van der Waals surface area contributed by atoms with Crippen molar-refractivity contribution in [3.05, 3.63) is 29.3 Å². The Balaban J connectivity index is 2.33. The lowest BCUT2D eigenvalue weighted by Gasteiger charge is -2.14. The zero-order valence-electron chi connectivity index (χ0n) is 49.1. The molecule has 0 saturated carbocycles. The molecule has 5 nitrogen and oxygen atoms in total. The summed E-state index contributed by atoms with van der Waals surface area (Å²) >= 11 is 0. The van der Waals surface area contributed by atoms with E-state index in [0.29, 0.717) is 36.6 Å². The topological polar surface area (TPSA) is 67.4 Å². The second kappa shape index (κ2) is 56.7. The van der Waals surface area contributed by atoms with Crippen LogP contribution in [0, 0.1) is 0 Å². The van der Waals surface area contributed by atoms with Crippen LogP contribution in [-0.4, -0.2) is 31.5 Å². The molecule has 1 rings (SSSR count). The fourth-order valence-electron chi connectivity index (χ4n) is 10.6. The van der Waals surface area contributed by atoms with Crippen molar-refractivity contribution in [3.63, 3.8) is 0 Å². The molecule has 0 fully saturated rings. The number of benzene rings is 1. The number of hydrogen-bond donors (Lipinski definition) is 2. The largest absolute Gasteiger partial charge is 0.493 e. The zero-order valence-corrected chi connectivity index (χ0v) is 49.1. The monoisotopic (exact) mass is 1010 g/mol. The molecule has 1 aromatic rings. The molecule has 0 saturated heterocycles. The predicted molar refractivity (Wildman–Crippen MR) is 318 cm³/mol. The van der Waals surface area contributed by atoms with E-state index < -0.39 is 0 Å². The molecule has 0 radical (unpaired) electrons. The van der Waals surface area contributed by atoms with Crippen molar-refractivity contribution >= 4 is 11.8 Å². The SMILES string of the molecule is CCCCCCCCCCCCCCCCCCCCCNC(=O)c1ccc(C(=O)NCCCCCCCCCCCCCCCCCCCCC)c(OCCCCCCCCCCCCCCCCC)c1. The van der Waals surface area contributed by atoms with Gasteiger partial charge in [0.05, 0.1) is 12.2 Å². The van der Waals surface area contributed by atoms with Crippen molar-refractivity contribution in [1.29, 1.82) is 0 Å². The van der Waals surface area contributed by atoms with E-state index in [4.69, 9.17) is 4.74 Å². The van der Waals surface area contributed by atoms with Crippen LogP contribution in [0.25, 0.3) is 0 Å². The minimum absolute atomic E-state index is 0.0738. The number of unbranched alkanes of at least 4 members (excludes halogenated alkanes) is 50. The van der Waals surface area contributed by atoms with Gasteiger partial charge in [0.15, 0.2) is 0 Å². The molecule has 0 aliphatic heterocycles. The summed E-state index contributed by atoms with van der Waals surface area (Å²) < 4.78 is 6.32. The van der Waals surface area contributed by atoms with Gasteiger partial charge in [-0.3, -0.25) is 9.59 Å². The maximum Gasteiger partial charge on any atom is 0.255 e. The highest BCUT2D eigenvalue weighted by molar-refractivity contribution is 6.00. The van der Waals surface area contributed by atoms with E-state index >= 15 is 0 Å². The van der Waals surface area contributed by atoms with Gasteiger partial charge in [-0.05, 0) is 37.5 Å². The molecule has 2 amide bonds. The second-order valence-corrected chi connectivity index (χ2v) is 22.7. The van der Waals surface area contributed by atoms with Gasteiger partial charge < -0.3 is 15.4 Å². The molecule has 0 spiro atoms. The molecule has 0 aliphatic carbocycles. The Morgan fingerprint density at radius 2 is 0.542 bits per heavy atom. The summed E-state index contributed by atoms with van der Waals surface area (Å²) in [5.74, 6) is 0.377. The molecule has 1 aromatic carbocycles. The predicted octanol–water partition coefficient (Wildman–Crippen LogP) is 22.3. The first-order valence-electron chi connectivity index (χ1n) is 33.0. The molecule has 0 aromatic heterocycles. The molecule has 0 unspecified atom stereocenters. The van der Waals surface area contributed by atoms with Crippen LogP contribution in [0.15, 0.2) is 18.2 Å². The first kappa shape index (κ1) is 68.0. The van der Waals surface area contributed by atoms with E-state index in [0.717, 1.165) is 38.5 Å². The number of carbonyl (C=O) groups is 2. The van der Waals surface area contributed by atoms with Crippen molar-refractivity contribution in [1.82, 2.24) is 10.6 Å². The molecule has 72 heavy (non-hydrogen) atoms. The van der Waals surface area contributed by atoms with Gasteiger partial charge in [0.2, 0.25) is 0 Å². The van der Waals surface area contributed by atoms with E-state index in [1.54, 1.807) is 12.1 Å². The minimum Gasteiger partial charge on any atom is -0.493 e. The summed E-state index contributed by atoms with van der Waals surface area (Å²) in [5.41, 5.74) is 1.12. The lowest BCUT2D eigenvalue weighted by Crippen LogP contribution is -2.26. The van der Waals surface area contributed by atoms with E-state index in [-0.39, 0.29) is 11.8 Å². The molecule has 2 N–H and O–H groups in total. The van der Waals surface area contributed by atoms with Crippen molar-refractivity contribution in [2.45, 2.75) is 361 Å². The third-order valence-corrected chi connectivity index (χ3v) is 15.6. The van der Waals surface area contributed by atoms with E-state index in [1.807, 2.05) is 6.07 Å². The fraction of sp³-hybridized carbons (Fsp3) is 0.881. The van der Waals surface area contributed by atoms with Crippen LogP contribution in [-0.2, 0) is 0 Å². The van der Waals surface area contributed by atoms with Gasteiger partial charge in [-0.2, -0.15) is 0 Å². The Kier molecular flexibility index (Phi) is 53.5. The number of nitrogens with one attached hydrogen (secondary N) is 2. The van der Waals surface area contributed by atoms with Crippen LogP contribution in [0.4, 0.5) is 0 Å². The maximum atomic E-state index is 13.5. The Labute approximate surface area is 450 Å². The van der Waals surface area contributed by atoms with Crippen molar-refractivity contribution < 1.29 is 14.3 Å². The van der Waals surface area contributed by atoms with Gasteiger partial charge >= 0.3 is 0 Å². The van der Waals surface area contributed by atoms with Crippen LogP contribution >= 0.6 is 0 Å². The van der Waals surface area contributed by atoms with Gasteiger partial charge in [0, 0.05) is 18.7 Å².